The van der Waals surface area contributed by atoms with Gasteiger partial charge in [-0.15, -0.1) is 0 Å². The monoisotopic (exact) mass is 345 g/mol. The van der Waals surface area contributed by atoms with Gasteiger partial charge in [0, 0.05) is 40.5 Å². The van der Waals surface area contributed by atoms with Crippen molar-refractivity contribution in [3.8, 4) is 0 Å². The molecular weight excluding hydrogens is 326 g/mol. The number of nitrogens with zero attached hydrogens (tertiary/aromatic N) is 3. The van der Waals surface area contributed by atoms with Crippen LogP contribution in [0, 0.1) is 10.1 Å². The van der Waals surface area contributed by atoms with E-state index >= 15 is 0 Å². The van der Waals surface area contributed by atoms with Crippen molar-refractivity contribution in [2.24, 2.45) is 0 Å². The van der Waals surface area contributed by atoms with Crippen LogP contribution in [0.1, 0.15) is 0 Å². The fourth-order valence-electron chi connectivity index (χ4n) is 3.08. The zero-order valence-corrected chi connectivity index (χ0v) is 13.4. The van der Waals surface area contributed by atoms with Crippen molar-refractivity contribution in [1.82, 2.24) is 9.47 Å². The topological polar surface area (TPSA) is 112 Å². The Morgan fingerprint density at radius 3 is 2.44 bits per heavy atom. The van der Waals surface area contributed by atoms with E-state index in [-0.39, 0.29) is 32.2 Å². The Kier molecular flexibility index (Phi) is 4.95. The first-order chi connectivity index (χ1) is 12.0. The molecule has 0 amide bonds. The molecule has 132 valence electrons. The molecule has 0 bridgehead atoms. The van der Waals surface area contributed by atoms with Crippen LogP contribution < -0.4 is 0 Å². The fourth-order valence-corrected chi connectivity index (χ4v) is 3.08. The van der Waals surface area contributed by atoms with Gasteiger partial charge in [-0.3, -0.25) is 15.0 Å². The Labute approximate surface area is 143 Å². The van der Waals surface area contributed by atoms with Gasteiger partial charge in [0.15, 0.2) is 0 Å². The van der Waals surface area contributed by atoms with Gasteiger partial charge < -0.3 is 19.9 Å². The summed E-state index contributed by atoms with van der Waals surface area (Å²) >= 11 is 0. The first-order valence-corrected chi connectivity index (χ1v) is 7.82. The lowest BCUT2D eigenvalue weighted by Crippen LogP contribution is -2.36. The van der Waals surface area contributed by atoms with Gasteiger partial charge in [0.2, 0.25) is 0 Å². The van der Waals surface area contributed by atoms with Crippen LogP contribution in [-0.2, 0) is 6.54 Å². The van der Waals surface area contributed by atoms with E-state index in [0.29, 0.717) is 0 Å². The maximum Gasteiger partial charge on any atom is 0.270 e. The van der Waals surface area contributed by atoms with Crippen LogP contribution in [0.5, 0.6) is 0 Å². The summed E-state index contributed by atoms with van der Waals surface area (Å²) in [5.41, 5.74) is 1.66. The van der Waals surface area contributed by atoms with Gasteiger partial charge in [0.1, 0.15) is 0 Å². The third kappa shape index (κ3) is 3.33. The summed E-state index contributed by atoms with van der Waals surface area (Å²) in [4.78, 5) is 11.9. The molecular formula is C17H19N3O5. The molecule has 8 heteroatoms. The number of nitro groups is 1. The largest absolute Gasteiger partial charge is 0.390 e. The molecule has 2 aromatic carbocycles. The van der Waals surface area contributed by atoms with Crippen molar-refractivity contribution in [3.63, 3.8) is 0 Å². The summed E-state index contributed by atoms with van der Waals surface area (Å²) < 4.78 is 1.89. The maximum atomic E-state index is 11.1. The van der Waals surface area contributed by atoms with E-state index < -0.39 is 11.0 Å². The van der Waals surface area contributed by atoms with E-state index in [4.69, 9.17) is 10.2 Å². The van der Waals surface area contributed by atoms with Gasteiger partial charge in [0.25, 0.3) is 5.69 Å². The van der Waals surface area contributed by atoms with Crippen molar-refractivity contribution in [2.45, 2.75) is 12.6 Å². The van der Waals surface area contributed by atoms with Crippen LogP contribution in [0.15, 0.2) is 42.5 Å². The minimum atomic E-state index is -0.825. The van der Waals surface area contributed by atoms with E-state index in [1.165, 1.54) is 17.0 Å². The quantitative estimate of drug-likeness (QED) is 0.338. The first-order valence-electron chi connectivity index (χ1n) is 7.82. The minimum Gasteiger partial charge on any atom is -0.390 e. The van der Waals surface area contributed by atoms with E-state index in [2.05, 4.69) is 0 Å². The second-order valence-corrected chi connectivity index (χ2v) is 5.88. The van der Waals surface area contributed by atoms with E-state index in [1.807, 2.05) is 28.8 Å². The lowest BCUT2D eigenvalue weighted by Gasteiger charge is -2.21. The highest BCUT2D eigenvalue weighted by Crippen LogP contribution is 2.31. The number of aromatic nitrogens is 1. The van der Waals surface area contributed by atoms with Crippen LogP contribution in [-0.4, -0.2) is 55.8 Å². The summed E-state index contributed by atoms with van der Waals surface area (Å²) in [6.45, 7) is -0.369. The summed E-state index contributed by atoms with van der Waals surface area (Å²) in [7, 11) is 0. The van der Waals surface area contributed by atoms with E-state index in [1.54, 1.807) is 6.07 Å². The number of non-ortho nitro benzene ring substituents is 1. The standard InChI is InChI=1S/C17H19N3O5/c21-10-18(11-22)8-13(23)9-19-16-4-2-1-3-14(16)15-7-12(20(24)25)5-6-17(15)19/h1-7,13,21-23H,8-11H2. The molecule has 3 aromatic rings. The second-order valence-electron chi connectivity index (χ2n) is 5.88. The van der Waals surface area contributed by atoms with Crippen LogP contribution in [0.4, 0.5) is 5.69 Å². The zero-order valence-electron chi connectivity index (χ0n) is 13.4. The van der Waals surface area contributed by atoms with Gasteiger partial charge in [-0.25, -0.2) is 0 Å². The Balaban J connectivity index is 2.05. The molecule has 0 radical (unpaired) electrons. The number of benzene rings is 2. The zero-order chi connectivity index (χ0) is 18.0. The van der Waals surface area contributed by atoms with Crippen LogP contribution in [0.25, 0.3) is 21.8 Å². The molecule has 3 N–H and O–H groups in total. The van der Waals surface area contributed by atoms with Crippen molar-refractivity contribution in [3.05, 3.63) is 52.6 Å². The molecule has 0 aliphatic carbocycles. The number of nitro benzene ring substituents is 1. The molecule has 0 saturated carbocycles. The lowest BCUT2D eigenvalue weighted by molar-refractivity contribution is -0.384. The van der Waals surface area contributed by atoms with Crippen molar-refractivity contribution >= 4 is 27.5 Å². The van der Waals surface area contributed by atoms with E-state index in [0.717, 1.165) is 21.8 Å². The molecule has 25 heavy (non-hydrogen) atoms. The third-order valence-corrected chi connectivity index (χ3v) is 4.23. The molecule has 0 spiro atoms. The van der Waals surface area contributed by atoms with Gasteiger partial charge in [0.05, 0.1) is 31.0 Å². The molecule has 1 atom stereocenters. The Morgan fingerprint density at radius 2 is 1.76 bits per heavy atom. The Morgan fingerprint density at radius 1 is 1.08 bits per heavy atom. The molecule has 1 unspecified atom stereocenters. The van der Waals surface area contributed by atoms with Crippen molar-refractivity contribution in [1.29, 1.82) is 0 Å². The number of para-hydroxylation sites is 1. The average Bonchev–Trinajstić information content (AvgIpc) is 2.93. The molecule has 1 heterocycles. The molecule has 0 saturated heterocycles. The van der Waals surface area contributed by atoms with Crippen molar-refractivity contribution in [2.75, 3.05) is 20.0 Å². The fraction of sp³-hybridized carbons (Fsp3) is 0.294. The number of hydrogen-bond donors (Lipinski definition) is 3. The van der Waals surface area contributed by atoms with Gasteiger partial charge >= 0.3 is 0 Å². The third-order valence-electron chi connectivity index (χ3n) is 4.23. The Hall–Kier alpha value is -2.52. The smallest absolute Gasteiger partial charge is 0.270 e. The number of fused-ring (bicyclic) bond motifs is 3. The first kappa shape index (κ1) is 17.3. The summed E-state index contributed by atoms with van der Waals surface area (Å²) in [5.74, 6) is 0. The predicted molar refractivity (Wildman–Crippen MR) is 93.0 cm³/mol. The number of aliphatic hydroxyl groups excluding tert-OH is 3. The van der Waals surface area contributed by atoms with Crippen LogP contribution in [0.2, 0.25) is 0 Å². The molecule has 1 aromatic heterocycles. The molecule has 0 aliphatic heterocycles. The minimum absolute atomic E-state index is 0.0164. The summed E-state index contributed by atoms with van der Waals surface area (Å²) in [6, 6.07) is 12.2. The highest BCUT2D eigenvalue weighted by molar-refractivity contribution is 6.08. The number of rotatable bonds is 7. The molecule has 0 fully saturated rings. The Bertz CT molecular complexity index is 904. The molecule has 8 nitrogen and oxygen atoms in total. The normalized spacial score (nSPS) is 13.0. The van der Waals surface area contributed by atoms with Gasteiger partial charge in [-0.2, -0.15) is 0 Å². The van der Waals surface area contributed by atoms with Crippen LogP contribution >= 0.6 is 0 Å². The average molecular weight is 345 g/mol. The summed E-state index contributed by atoms with van der Waals surface area (Å²) in [6.07, 6.45) is -0.825. The maximum absolute atomic E-state index is 11.1. The second kappa shape index (κ2) is 7.16. The highest BCUT2D eigenvalue weighted by Gasteiger charge is 2.17. The SMILES string of the molecule is O=[N+]([O-])c1ccc2c(c1)c1ccccc1n2CC(O)CN(CO)CO. The summed E-state index contributed by atoms with van der Waals surface area (Å²) in [5, 5.41) is 41.2. The van der Waals surface area contributed by atoms with Gasteiger partial charge in [-0.1, -0.05) is 18.2 Å². The predicted octanol–water partition coefficient (Wildman–Crippen LogP) is 1.27. The molecule has 3 rings (SSSR count). The lowest BCUT2D eigenvalue weighted by atomic mass is 10.1. The highest BCUT2D eigenvalue weighted by atomic mass is 16.6. The number of hydrogen-bond acceptors (Lipinski definition) is 6. The number of aliphatic hydroxyl groups is 3. The van der Waals surface area contributed by atoms with E-state index in [9.17, 15) is 15.2 Å². The van der Waals surface area contributed by atoms with Gasteiger partial charge in [-0.05, 0) is 12.1 Å². The van der Waals surface area contributed by atoms with Crippen LogP contribution in [0.3, 0.4) is 0 Å². The molecule has 0 aliphatic rings. The van der Waals surface area contributed by atoms with Crippen molar-refractivity contribution < 1.29 is 20.2 Å².